The first-order valence-corrected chi connectivity index (χ1v) is 6.19. The lowest BCUT2D eigenvalue weighted by molar-refractivity contribution is 0.181. The maximum Gasteiger partial charge on any atom is 0.227 e. The molecule has 1 saturated heterocycles. The number of rotatable bonds is 5. The molecule has 1 aromatic rings. The summed E-state index contributed by atoms with van der Waals surface area (Å²) in [4.78, 5) is 11.3. The van der Waals surface area contributed by atoms with Crippen LogP contribution >= 0.6 is 0 Å². The zero-order valence-electron chi connectivity index (χ0n) is 10.6. The Kier molecular flexibility index (Phi) is 4.14. The Balaban J connectivity index is 2.22. The summed E-state index contributed by atoms with van der Waals surface area (Å²) in [6, 6.07) is 1.95. The van der Waals surface area contributed by atoms with E-state index in [0.717, 1.165) is 37.1 Å². The molecule has 1 aromatic heterocycles. The molecule has 17 heavy (non-hydrogen) atoms. The van der Waals surface area contributed by atoms with E-state index in [0.29, 0.717) is 6.61 Å². The zero-order chi connectivity index (χ0) is 12.1. The molecule has 0 aromatic carbocycles. The third-order valence-corrected chi connectivity index (χ3v) is 2.81. The SMILES string of the molecule is CCNc1cc(COC)nc(N2CCCC2)n1. The Labute approximate surface area is 102 Å². The van der Waals surface area contributed by atoms with Gasteiger partial charge in [-0.3, -0.25) is 0 Å². The fourth-order valence-corrected chi connectivity index (χ4v) is 2.04. The van der Waals surface area contributed by atoms with Crippen molar-refractivity contribution < 1.29 is 4.74 Å². The number of methoxy groups -OCH3 is 1. The van der Waals surface area contributed by atoms with Crippen molar-refractivity contribution in [2.45, 2.75) is 26.4 Å². The van der Waals surface area contributed by atoms with E-state index in [4.69, 9.17) is 4.74 Å². The number of anilines is 2. The summed E-state index contributed by atoms with van der Waals surface area (Å²) in [6.45, 7) is 5.57. The van der Waals surface area contributed by atoms with Crippen molar-refractivity contribution in [3.63, 3.8) is 0 Å². The zero-order valence-corrected chi connectivity index (χ0v) is 10.6. The molecule has 1 fully saturated rings. The second kappa shape index (κ2) is 5.82. The normalized spacial score (nSPS) is 15.3. The van der Waals surface area contributed by atoms with Crippen LogP contribution in [0.4, 0.5) is 11.8 Å². The molecular formula is C12H20N4O. The first-order valence-electron chi connectivity index (χ1n) is 6.19. The maximum atomic E-state index is 5.14. The van der Waals surface area contributed by atoms with Crippen LogP contribution in [0.1, 0.15) is 25.5 Å². The van der Waals surface area contributed by atoms with Gasteiger partial charge in [-0.1, -0.05) is 0 Å². The molecule has 1 aliphatic heterocycles. The first kappa shape index (κ1) is 12.1. The smallest absolute Gasteiger partial charge is 0.227 e. The molecule has 2 heterocycles. The van der Waals surface area contributed by atoms with Gasteiger partial charge in [-0.05, 0) is 19.8 Å². The summed E-state index contributed by atoms with van der Waals surface area (Å²) in [7, 11) is 1.69. The second-order valence-electron chi connectivity index (χ2n) is 4.20. The van der Waals surface area contributed by atoms with Crippen LogP contribution in [0, 0.1) is 0 Å². The van der Waals surface area contributed by atoms with Crippen molar-refractivity contribution in [3.8, 4) is 0 Å². The Morgan fingerprint density at radius 1 is 1.35 bits per heavy atom. The predicted molar refractivity (Wildman–Crippen MR) is 68.4 cm³/mol. The van der Waals surface area contributed by atoms with Gasteiger partial charge in [0, 0.05) is 32.8 Å². The van der Waals surface area contributed by atoms with Crippen LogP contribution in [0.5, 0.6) is 0 Å². The summed E-state index contributed by atoms with van der Waals surface area (Å²) in [5.74, 6) is 1.71. The minimum absolute atomic E-state index is 0.530. The average molecular weight is 236 g/mol. The first-order chi connectivity index (χ1) is 8.33. The number of aromatic nitrogens is 2. The maximum absolute atomic E-state index is 5.14. The molecule has 1 aliphatic rings. The van der Waals surface area contributed by atoms with Crippen LogP contribution in [0.3, 0.4) is 0 Å². The number of nitrogens with one attached hydrogen (secondary N) is 1. The van der Waals surface area contributed by atoms with Crippen molar-refractivity contribution in [2.75, 3.05) is 37.0 Å². The van der Waals surface area contributed by atoms with Crippen LogP contribution in [0.15, 0.2) is 6.07 Å². The van der Waals surface area contributed by atoms with Crippen LogP contribution in [-0.2, 0) is 11.3 Å². The molecule has 5 nitrogen and oxygen atoms in total. The van der Waals surface area contributed by atoms with Crippen LogP contribution in [0.25, 0.3) is 0 Å². The van der Waals surface area contributed by atoms with E-state index in [9.17, 15) is 0 Å². The van der Waals surface area contributed by atoms with Crippen molar-refractivity contribution in [1.82, 2.24) is 9.97 Å². The number of ether oxygens (including phenoxy) is 1. The van der Waals surface area contributed by atoms with E-state index in [1.807, 2.05) is 6.07 Å². The van der Waals surface area contributed by atoms with Crippen molar-refractivity contribution in [2.24, 2.45) is 0 Å². The minimum Gasteiger partial charge on any atom is -0.378 e. The van der Waals surface area contributed by atoms with E-state index >= 15 is 0 Å². The molecular weight excluding hydrogens is 216 g/mol. The van der Waals surface area contributed by atoms with E-state index in [1.54, 1.807) is 7.11 Å². The molecule has 0 aliphatic carbocycles. The van der Waals surface area contributed by atoms with E-state index in [1.165, 1.54) is 12.8 Å². The van der Waals surface area contributed by atoms with Gasteiger partial charge in [0.25, 0.3) is 0 Å². The number of hydrogen-bond donors (Lipinski definition) is 1. The molecule has 0 saturated carbocycles. The number of hydrogen-bond acceptors (Lipinski definition) is 5. The van der Waals surface area contributed by atoms with Gasteiger partial charge in [-0.2, -0.15) is 4.98 Å². The average Bonchev–Trinajstić information content (AvgIpc) is 2.83. The Hall–Kier alpha value is -1.36. The molecule has 0 amide bonds. The van der Waals surface area contributed by atoms with Gasteiger partial charge in [0.1, 0.15) is 5.82 Å². The van der Waals surface area contributed by atoms with Crippen LogP contribution < -0.4 is 10.2 Å². The fourth-order valence-electron chi connectivity index (χ4n) is 2.04. The van der Waals surface area contributed by atoms with Crippen LogP contribution in [0.2, 0.25) is 0 Å². The van der Waals surface area contributed by atoms with Gasteiger partial charge in [0.05, 0.1) is 12.3 Å². The van der Waals surface area contributed by atoms with Gasteiger partial charge < -0.3 is 15.0 Å². The molecule has 0 unspecified atom stereocenters. The van der Waals surface area contributed by atoms with E-state index < -0.39 is 0 Å². The molecule has 2 rings (SSSR count). The van der Waals surface area contributed by atoms with Gasteiger partial charge in [-0.25, -0.2) is 4.98 Å². The van der Waals surface area contributed by atoms with E-state index in [-0.39, 0.29) is 0 Å². The fraction of sp³-hybridized carbons (Fsp3) is 0.667. The van der Waals surface area contributed by atoms with Crippen molar-refractivity contribution in [1.29, 1.82) is 0 Å². The van der Waals surface area contributed by atoms with Gasteiger partial charge >= 0.3 is 0 Å². The highest BCUT2D eigenvalue weighted by molar-refractivity contribution is 5.44. The summed E-state index contributed by atoms with van der Waals surface area (Å²) >= 11 is 0. The van der Waals surface area contributed by atoms with Crippen molar-refractivity contribution >= 4 is 11.8 Å². The lowest BCUT2D eigenvalue weighted by Crippen LogP contribution is -2.21. The quantitative estimate of drug-likeness (QED) is 0.842. The highest BCUT2D eigenvalue weighted by Gasteiger charge is 2.16. The standard InChI is InChI=1S/C12H20N4O/c1-3-13-11-8-10(9-17-2)14-12(15-11)16-6-4-5-7-16/h8H,3-7,9H2,1-2H3,(H,13,14,15). The minimum atomic E-state index is 0.530. The number of nitrogens with zero attached hydrogens (tertiary/aromatic N) is 3. The molecule has 1 N–H and O–H groups in total. The molecule has 0 bridgehead atoms. The lowest BCUT2D eigenvalue weighted by atomic mass is 10.4. The molecule has 0 spiro atoms. The van der Waals surface area contributed by atoms with Gasteiger partial charge in [-0.15, -0.1) is 0 Å². The highest BCUT2D eigenvalue weighted by atomic mass is 16.5. The molecule has 94 valence electrons. The van der Waals surface area contributed by atoms with Crippen molar-refractivity contribution in [3.05, 3.63) is 11.8 Å². The summed E-state index contributed by atoms with van der Waals surface area (Å²) in [6.07, 6.45) is 2.46. The largest absolute Gasteiger partial charge is 0.378 e. The third-order valence-electron chi connectivity index (χ3n) is 2.81. The second-order valence-corrected chi connectivity index (χ2v) is 4.20. The van der Waals surface area contributed by atoms with Gasteiger partial charge in [0.15, 0.2) is 0 Å². The Morgan fingerprint density at radius 3 is 2.76 bits per heavy atom. The highest BCUT2D eigenvalue weighted by Crippen LogP contribution is 2.19. The Bertz CT molecular complexity index is 339. The third kappa shape index (κ3) is 3.06. The monoisotopic (exact) mass is 236 g/mol. The van der Waals surface area contributed by atoms with E-state index in [2.05, 4.69) is 27.1 Å². The van der Waals surface area contributed by atoms with Crippen LogP contribution in [-0.4, -0.2) is 36.7 Å². The Morgan fingerprint density at radius 2 is 2.12 bits per heavy atom. The predicted octanol–water partition coefficient (Wildman–Crippen LogP) is 1.65. The summed E-state index contributed by atoms with van der Waals surface area (Å²) in [5, 5.41) is 3.24. The summed E-state index contributed by atoms with van der Waals surface area (Å²) < 4.78 is 5.14. The molecule has 0 atom stereocenters. The molecule has 0 radical (unpaired) electrons. The topological polar surface area (TPSA) is 50.3 Å². The lowest BCUT2D eigenvalue weighted by Gasteiger charge is -2.17. The van der Waals surface area contributed by atoms with Gasteiger partial charge in [0.2, 0.25) is 5.95 Å². The summed E-state index contributed by atoms with van der Waals surface area (Å²) in [5.41, 5.74) is 0.931. The molecule has 5 heteroatoms.